The van der Waals surface area contributed by atoms with E-state index in [1.807, 2.05) is 48.2 Å². The van der Waals surface area contributed by atoms with Crippen LogP contribution in [0.15, 0.2) is 36.4 Å². The van der Waals surface area contributed by atoms with Crippen molar-refractivity contribution in [2.24, 2.45) is 5.92 Å². The maximum atomic E-state index is 13.9. The van der Waals surface area contributed by atoms with Crippen LogP contribution in [0.3, 0.4) is 0 Å². The molecule has 5 rings (SSSR count). The molecule has 0 saturated carbocycles. The fraction of sp³-hybridized carbons (Fsp3) is 0.559. The molecule has 0 aliphatic carbocycles. The van der Waals surface area contributed by atoms with Crippen molar-refractivity contribution in [3.63, 3.8) is 0 Å². The van der Waals surface area contributed by atoms with Gasteiger partial charge in [0.25, 0.3) is 5.91 Å². The van der Waals surface area contributed by atoms with E-state index < -0.39 is 23.8 Å². The molecule has 0 unspecified atom stereocenters. The number of aliphatic hydroxyl groups is 1. The Bertz CT molecular complexity index is 1380. The Hall–Kier alpha value is -3.67. The van der Waals surface area contributed by atoms with Crippen molar-refractivity contribution in [1.82, 2.24) is 19.6 Å². The van der Waals surface area contributed by atoms with Gasteiger partial charge in [0.2, 0.25) is 12.7 Å². The van der Waals surface area contributed by atoms with Crippen molar-refractivity contribution >= 4 is 17.8 Å². The van der Waals surface area contributed by atoms with Crippen LogP contribution in [-0.4, -0.2) is 114 Å². The Morgan fingerprint density at radius 1 is 1.07 bits per heavy atom. The number of fused-ring (bicyclic) bond motifs is 2. The first kappa shape index (κ1) is 32.7. The lowest BCUT2D eigenvalue weighted by Gasteiger charge is -2.31. The molecule has 0 bridgehead atoms. The summed E-state index contributed by atoms with van der Waals surface area (Å²) in [7, 11) is 4.03. The van der Waals surface area contributed by atoms with Gasteiger partial charge in [-0.2, -0.15) is 0 Å². The molecule has 2 aromatic carbocycles. The largest absolute Gasteiger partial charge is 0.481 e. The number of carboxylic acid groups (broad SMARTS) is 1. The number of carbonyl (C=O) groups excluding carboxylic acids is 2. The van der Waals surface area contributed by atoms with E-state index in [2.05, 4.69) is 11.8 Å². The monoisotopic (exact) mass is 622 g/mol. The highest BCUT2D eigenvalue weighted by Gasteiger charge is 2.48. The van der Waals surface area contributed by atoms with Gasteiger partial charge in [0, 0.05) is 55.8 Å². The van der Waals surface area contributed by atoms with Crippen molar-refractivity contribution in [3.8, 4) is 11.5 Å². The van der Waals surface area contributed by atoms with E-state index >= 15 is 0 Å². The van der Waals surface area contributed by atoms with Crippen molar-refractivity contribution < 1.29 is 34.1 Å². The molecule has 3 heterocycles. The molecule has 0 aromatic heterocycles. The third-order valence-corrected chi connectivity index (χ3v) is 9.30. The average molecular weight is 623 g/mol. The van der Waals surface area contributed by atoms with E-state index in [1.54, 1.807) is 17.0 Å². The van der Waals surface area contributed by atoms with Crippen LogP contribution in [0.25, 0.3) is 0 Å². The average Bonchev–Trinajstić information content (AvgIpc) is 3.72. The molecule has 1 fully saturated rings. The summed E-state index contributed by atoms with van der Waals surface area (Å²) in [4.78, 5) is 47.8. The van der Waals surface area contributed by atoms with E-state index in [4.69, 9.17) is 9.47 Å². The van der Waals surface area contributed by atoms with Crippen LogP contribution in [0.4, 0.5) is 0 Å². The molecular weight excluding hydrogens is 576 g/mol. The highest BCUT2D eigenvalue weighted by Crippen LogP contribution is 2.44. The quantitative estimate of drug-likeness (QED) is 0.309. The molecule has 2 N–H and O–H groups in total. The zero-order chi connectivity index (χ0) is 32.1. The third-order valence-electron chi connectivity index (χ3n) is 9.30. The number of amides is 2. The lowest BCUT2D eigenvalue weighted by atomic mass is 9.83. The zero-order valence-corrected chi connectivity index (χ0v) is 26.6. The van der Waals surface area contributed by atoms with Gasteiger partial charge in [0.05, 0.1) is 19.1 Å². The highest BCUT2D eigenvalue weighted by atomic mass is 16.7. The Balaban J connectivity index is 1.41. The fourth-order valence-corrected chi connectivity index (χ4v) is 6.97. The van der Waals surface area contributed by atoms with Gasteiger partial charge in [-0.05, 0) is 69.2 Å². The SMILES string of the molecule is CCCCN(CCCN(C)C)C(=O)CN1C[C@H](c2cc(CO)c3c(c2)OCO3)[C@@H](C(=O)O)[C@@H]1CCN1Cc2ccccc2C1=O. The van der Waals surface area contributed by atoms with E-state index in [1.165, 1.54) is 0 Å². The Morgan fingerprint density at radius 2 is 1.84 bits per heavy atom. The van der Waals surface area contributed by atoms with Gasteiger partial charge in [-0.1, -0.05) is 31.5 Å². The molecule has 2 amide bonds. The van der Waals surface area contributed by atoms with Gasteiger partial charge < -0.3 is 34.4 Å². The minimum atomic E-state index is -0.951. The summed E-state index contributed by atoms with van der Waals surface area (Å²) >= 11 is 0. The molecular formula is C34H46N4O7. The number of aliphatic carboxylic acids is 1. The lowest BCUT2D eigenvalue weighted by molar-refractivity contribution is -0.144. The second-order valence-electron chi connectivity index (χ2n) is 12.6. The van der Waals surface area contributed by atoms with E-state index in [0.717, 1.165) is 36.9 Å². The highest BCUT2D eigenvalue weighted by molar-refractivity contribution is 5.98. The predicted molar refractivity (Wildman–Crippen MR) is 168 cm³/mol. The number of aliphatic hydroxyl groups excluding tert-OH is 1. The number of hydrogen-bond donors (Lipinski definition) is 2. The number of carboxylic acids is 1. The van der Waals surface area contributed by atoms with Gasteiger partial charge in [-0.25, -0.2) is 0 Å². The maximum Gasteiger partial charge on any atom is 0.308 e. The number of ether oxygens (including phenoxy) is 2. The Morgan fingerprint density at radius 3 is 2.56 bits per heavy atom. The Labute approximate surface area is 265 Å². The van der Waals surface area contributed by atoms with Crippen LogP contribution < -0.4 is 9.47 Å². The molecule has 3 aliphatic heterocycles. The van der Waals surface area contributed by atoms with Crippen LogP contribution >= 0.6 is 0 Å². The topological polar surface area (TPSA) is 123 Å². The molecule has 3 atom stereocenters. The molecule has 45 heavy (non-hydrogen) atoms. The van der Waals surface area contributed by atoms with Crippen LogP contribution in [-0.2, 0) is 22.7 Å². The van der Waals surface area contributed by atoms with Crippen molar-refractivity contribution in [2.75, 3.05) is 60.2 Å². The number of unbranched alkanes of at least 4 members (excludes halogenated alkanes) is 1. The van der Waals surface area contributed by atoms with E-state index in [-0.39, 0.29) is 31.8 Å². The van der Waals surface area contributed by atoms with Gasteiger partial charge in [-0.15, -0.1) is 0 Å². The fourth-order valence-electron chi connectivity index (χ4n) is 6.97. The standard InChI is InChI=1S/C34H46N4O7/c1-4-5-13-36(14-8-12-35(2)3)30(40)20-38-19-27(24-16-25(21-39)32-29(17-24)44-22-45-32)31(34(42)43)28(38)11-15-37-18-23-9-6-7-10-26(23)33(37)41/h6-7,9-10,16-17,27-28,31,39H,4-5,8,11-15,18-22H2,1-3H3,(H,42,43)/t27-,28+,31-/m1/s1. The van der Waals surface area contributed by atoms with Crippen molar-refractivity contribution in [2.45, 2.75) is 57.7 Å². The van der Waals surface area contributed by atoms with E-state index in [9.17, 15) is 24.6 Å². The molecule has 244 valence electrons. The van der Waals surface area contributed by atoms with E-state index in [0.29, 0.717) is 61.8 Å². The second kappa shape index (κ2) is 14.6. The number of nitrogens with zero attached hydrogens (tertiary/aromatic N) is 4. The minimum Gasteiger partial charge on any atom is -0.481 e. The summed E-state index contributed by atoms with van der Waals surface area (Å²) in [6.07, 6.45) is 3.13. The lowest BCUT2D eigenvalue weighted by Crippen LogP contribution is -2.46. The second-order valence-corrected chi connectivity index (χ2v) is 12.6. The van der Waals surface area contributed by atoms with Gasteiger partial charge in [0.15, 0.2) is 11.5 Å². The third kappa shape index (κ3) is 7.26. The molecule has 11 heteroatoms. The summed E-state index contributed by atoms with van der Waals surface area (Å²) in [5.41, 5.74) is 2.93. The van der Waals surface area contributed by atoms with Crippen molar-refractivity contribution in [1.29, 1.82) is 0 Å². The first-order valence-corrected chi connectivity index (χ1v) is 16.0. The molecule has 1 saturated heterocycles. The molecule has 3 aliphatic rings. The first-order valence-electron chi connectivity index (χ1n) is 16.0. The first-order chi connectivity index (χ1) is 21.7. The smallest absolute Gasteiger partial charge is 0.308 e. The Kier molecular flexibility index (Phi) is 10.6. The molecule has 2 aromatic rings. The maximum absolute atomic E-state index is 13.9. The number of carbonyl (C=O) groups is 3. The summed E-state index contributed by atoms with van der Waals surface area (Å²) in [5, 5.41) is 20.7. The van der Waals surface area contributed by atoms with Crippen LogP contribution in [0.1, 0.15) is 65.6 Å². The van der Waals surface area contributed by atoms with Gasteiger partial charge in [-0.3, -0.25) is 19.3 Å². The van der Waals surface area contributed by atoms with Crippen LogP contribution in [0.5, 0.6) is 11.5 Å². The normalized spacial score (nSPS) is 20.7. The van der Waals surface area contributed by atoms with Crippen molar-refractivity contribution in [3.05, 3.63) is 58.7 Å². The molecule has 0 spiro atoms. The summed E-state index contributed by atoms with van der Waals surface area (Å²) in [6.45, 7) is 5.36. The molecule has 0 radical (unpaired) electrons. The van der Waals surface area contributed by atoms with Gasteiger partial charge >= 0.3 is 5.97 Å². The summed E-state index contributed by atoms with van der Waals surface area (Å²) in [6, 6.07) is 10.7. The van der Waals surface area contributed by atoms with Crippen LogP contribution in [0, 0.1) is 5.92 Å². The number of likely N-dealkylation sites (tertiary alicyclic amines) is 1. The van der Waals surface area contributed by atoms with Gasteiger partial charge in [0.1, 0.15) is 0 Å². The number of rotatable bonds is 15. The summed E-state index contributed by atoms with van der Waals surface area (Å²) < 4.78 is 11.2. The van der Waals surface area contributed by atoms with Crippen LogP contribution in [0.2, 0.25) is 0 Å². The zero-order valence-electron chi connectivity index (χ0n) is 26.6. The number of hydrogen-bond acceptors (Lipinski definition) is 8. The number of benzene rings is 2. The minimum absolute atomic E-state index is 0.0108. The predicted octanol–water partition coefficient (Wildman–Crippen LogP) is 3.00. The summed E-state index contributed by atoms with van der Waals surface area (Å²) in [5.74, 6) is -1.34. The molecule has 11 nitrogen and oxygen atoms in total.